The Kier molecular flexibility index (Phi) is 5.38. The molecule has 0 amide bonds. The molecule has 3 aromatic rings. The molecule has 2 unspecified atom stereocenters. The fourth-order valence-corrected chi connectivity index (χ4v) is 5.27. The first-order valence-electron chi connectivity index (χ1n) is 10.9. The summed E-state index contributed by atoms with van der Waals surface area (Å²) >= 11 is 0. The number of aromatic nitrogens is 2. The van der Waals surface area contributed by atoms with Crippen LogP contribution in [0.5, 0.6) is 0 Å². The Bertz CT molecular complexity index is 1080. The Morgan fingerprint density at radius 2 is 1.74 bits per heavy atom. The van der Waals surface area contributed by atoms with Crippen molar-refractivity contribution < 1.29 is 9.50 Å². The fraction of sp³-hybridized carbons (Fsp3) is 0.370. The molecule has 0 radical (unpaired) electrons. The maximum absolute atomic E-state index is 13.3. The van der Waals surface area contributed by atoms with Crippen LogP contribution in [0.25, 0.3) is 11.8 Å². The standard InChI is InChI=1S/C27H31FN2O/c1-25(2,21-8-6-5-7-9-21)18-27(4,31)19-26(3)15-14-24-20(16-26)17-29-30(24)23-12-10-22(28)11-13-23/h5-15,17,31H,16,18-19H2,1-4H3. The molecule has 0 spiro atoms. The van der Waals surface area contributed by atoms with Gasteiger partial charge in [0.2, 0.25) is 0 Å². The minimum atomic E-state index is -0.817. The average Bonchev–Trinajstić information content (AvgIpc) is 3.10. The molecule has 0 bridgehead atoms. The van der Waals surface area contributed by atoms with E-state index in [9.17, 15) is 9.50 Å². The van der Waals surface area contributed by atoms with E-state index in [0.29, 0.717) is 12.8 Å². The summed E-state index contributed by atoms with van der Waals surface area (Å²) in [6.07, 6.45) is 8.32. The summed E-state index contributed by atoms with van der Waals surface area (Å²) in [5.41, 5.74) is 3.14. The van der Waals surface area contributed by atoms with E-state index in [0.717, 1.165) is 23.4 Å². The van der Waals surface area contributed by atoms with Crippen molar-refractivity contribution in [3.05, 3.63) is 89.5 Å². The summed E-state index contributed by atoms with van der Waals surface area (Å²) in [5.74, 6) is -0.256. The van der Waals surface area contributed by atoms with Gasteiger partial charge in [0.15, 0.2) is 0 Å². The van der Waals surface area contributed by atoms with E-state index in [1.807, 2.05) is 23.9 Å². The largest absolute Gasteiger partial charge is 0.390 e. The minimum absolute atomic E-state index is 0.127. The molecule has 31 heavy (non-hydrogen) atoms. The normalized spacial score (nSPS) is 20.3. The molecule has 0 aliphatic heterocycles. The SMILES string of the molecule is CC(O)(CC1(C)C=Cc2c(cnn2-c2ccc(F)cc2)C1)CC(C)(C)c1ccccc1. The highest BCUT2D eigenvalue weighted by atomic mass is 19.1. The van der Waals surface area contributed by atoms with Crippen LogP contribution in [-0.2, 0) is 11.8 Å². The predicted molar refractivity (Wildman–Crippen MR) is 124 cm³/mol. The first kappa shape index (κ1) is 21.5. The highest BCUT2D eigenvalue weighted by Crippen LogP contribution is 2.43. The van der Waals surface area contributed by atoms with Crippen molar-refractivity contribution in [1.82, 2.24) is 9.78 Å². The van der Waals surface area contributed by atoms with E-state index in [2.05, 4.69) is 62.3 Å². The Hall–Kier alpha value is -2.72. The highest BCUT2D eigenvalue weighted by Gasteiger charge is 2.39. The first-order chi connectivity index (χ1) is 14.6. The summed E-state index contributed by atoms with van der Waals surface area (Å²) in [5, 5.41) is 15.9. The Morgan fingerprint density at radius 3 is 2.42 bits per heavy atom. The number of fused-ring (bicyclic) bond motifs is 1. The van der Waals surface area contributed by atoms with Gasteiger partial charge in [-0.3, -0.25) is 0 Å². The number of nitrogens with zero attached hydrogens (tertiary/aromatic N) is 2. The molecule has 1 aliphatic rings. The van der Waals surface area contributed by atoms with Crippen LogP contribution in [0.4, 0.5) is 4.39 Å². The van der Waals surface area contributed by atoms with Crippen LogP contribution in [0.3, 0.4) is 0 Å². The van der Waals surface area contributed by atoms with Crippen molar-refractivity contribution in [3.63, 3.8) is 0 Å². The summed E-state index contributed by atoms with van der Waals surface area (Å²) in [4.78, 5) is 0. The van der Waals surface area contributed by atoms with Gasteiger partial charge < -0.3 is 5.11 Å². The van der Waals surface area contributed by atoms with Crippen molar-refractivity contribution in [3.8, 4) is 5.69 Å². The van der Waals surface area contributed by atoms with Gasteiger partial charge >= 0.3 is 0 Å². The average molecular weight is 419 g/mol. The molecule has 1 heterocycles. The second-order valence-corrected chi connectivity index (χ2v) is 10.2. The van der Waals surface area contributed by atoms with Gasteiger partial charge in [0, 0.05) is 0 Å². The molecule has 1 N–H and O–H groups in total. The number of rotatable bonds is 6. The molecule has 162 valence electrons. The molecule has 3 nitrogen and oxygen atoms in total. The second kappa shape index (κ2) is 7.76. The Labute approximate surface area is 184 Å². The molecule has 2 aromatic carbocycles. The molecular weight excluding hydrogens is 387 g/mol. The molecule has 0 saturated carbocycles. The van der Waals surface area contributed by atoms with Crippen LogP contribution in [0.1, 0.15) is 57.4 Å². The first-order valence-corrected chi connectivity index (χ1v) is 10.9. The van der Waals surface area contributed by atoms with Gasteiger partial charge in [-0.15, -0.1) is 0 Å². The van der Waals surface area contributed by atoms with Crippen molar-refractivity contribution in [2.24, 2.45) is 5.41 Å². The molecule has 4 heteroatoms. The topological polar surface area (TPSA) is 38.1 Å². The van der Waals surface area contributed by atoms with Gasteiger partial charge in [0.25, 0.3) is 0 Å². The highest BCUT2D eigenvalue weighted by molar-refractivity contribution is 5.57. The number of benzene rings is 2. The Morgan fingerprint density at radius 1 is 1.06 bits per heavy atom. The van der Waals surface area contributed by atoms with Crippen molar-refractivity contribution in [1.29, 1.82) is 0 Å². The number of hydrogen-bond acceptors (Lipinski definition) is 2. The zero-order valence-corrected chi connectivity index (χ0v) is 18.8. The number of hydrogen-bond donors (Lipinski definition) is 1. The lowest BCUT2D eigenvalue weighted by Gasteiger charge is -2.40. The lowest BCUT2D eigenvalue weighted by Crippen LogP contribution is -2.39. The summed E-state index contributed by atoms with van der Waals surface area (Å²) in [6, 6.07) is 16.8. The molecule has 1 aliphatic carbocycles. The summed E-state index contributed by atoms with van der Waals surface area (Å²) in [7, 11) is 0. The predicted octanol–water partition coefficient (Wildman–Crippen LogP) is 6.10. The molecule has 2 atom stereocenters. The lowest BCUT2D eigenvalue weighted by atomic mass is 9.67. The smallest absolute Gasteiger partial charge is 0.123 e. The molecule has 0 saturated heterocycles. The Balaban J connectivity index is 1.52. The number of allylic oxidation sites excluding steroid dienone is 1. The molecular formula is C27H31FN2O. The van der Waals surface area contributed by atoms with Crippen LogP contribution in [0, 0.1) is 11.2 Å². The quantitative estimate of drug-likeness (QED) is 0.525. The summed E-state index contributed by atoms with van der Waals surface area (Å²) < 4.78 is 15.1. The van der Waals surface area contributed by atoms with Crippen LogP contribution in [0.2, 0.25) is 0 Å². The minimum Gasteiger partial charge on any atom is -0.390 e. The van der Waals surface area contributed by atoms with Crippen molar-refractivity contribution in [2.45, 2.75) is 58.0 Å². The number of aliphatic hydroxyl groups is 1. The van der Waals surface area contributed by atoms with E-state index >= 15 is 0 Å². The number of halogens is 1. The maximum atomic E-state index is 13.3. The van der Waals surface area contributed by atoms with E-state index < -0.39 is 5.60 Å². The maximum Gasteiger partial charge on any atom is 0.123 e. The van der Waals surface area contributed by atoms with Crippen LogP contribution < -0.4 is 0 Å². The van der Waals surface area contributed by atoms with Gasteiger partial charge in [-0.05, 0) is 78.5 Å². The van der Waals surface area contributed by atoms with E-state index in [1.165, 1.54) is 17.7 Å². The third-order valence-electron chi connectivity index (χ3n) is 6.36. The van der Waals surface area contributed by atoms with E-state index in [1.54, 1.807) is 12.1 Å². The monoisotopic (exact) mass is 418 g/mol. The van der Waals surface area contributed by atoms with Crippen molar-refractivity contribution >= 4 is 6.08 Å². The second-order valence-electron chi connectivity index (χ2n) is 10.2. The third-order valence-corrected chi connectivity index (χ3v) is 6.36. The fourth-order valence-electron chi connectivity index (χ4n) is 5.27. The van der Waals surface area contributed by atoms with Gasteiger partial charge in [0.05, 0.1) is 23.2 Å². The van der Waals surface area contributed by atoms with Gasteiger partial charge in [0.1, 0.15) is 5.82 Å². The van der Waals surface area contributed by atoms with Crippen molar-refractivity contribution in [2.75, 3.05) is 0 Å². The van der Waals surface area contributed by atoms with Crippen LogP contribution in [-0.4, -0.2) is 20.5 Å². The molecule has 1 aromatic heterocycles. The zero-order valence-electron chi connectivity index (χ0n) is 18.8. The lowest BCUT2D eigenvalue weighted by molar-refractivity contribution is -0.00251. The van der Waals surface area contributed by atoms with Crippen LogP contribution >= 0.6 is 0 Å². The van der Waals surface area contributed by atoms with Gasteiger partial charge in [-0.1, -0.05) is 57.2 Å². The molecule has 4 rings (SSSR count). The zero-order chi connectivity index (χ0) is 22.3. The molecule has 0 fully saturated rings. The summed E-state index contributed by atoms with van der Waals surface area (Å²) in [6.45, 7) is 8.54. The van der Waals surface area contributed by atoms with Gasteiger partial charge in [-0.25, -0.2) is 9.07 Å². The van der Waals surface area contributed by atoms with Gasteiger partial charge in [-0.2, -0.15) is 5.10 Å². The third kappa shape index (κ3) is 4.64. The van der Waals surface area contributed by atoms with E-state index in [4.69, 9.17) is 0 Å². The van der Waals surface area contributed by atoms with Crippen LogP contribution in [0.15, 0.2) is 66.9 Å². The van der Waals surface area contributed by atoms with E-state index in [-0.39, 0.29) is 16.6 Å².